The van der Waals surface area contributed by atoms with Gasteiger partial charge in [0.2, 0.25) is 0 Å². The minimum atomic E-state index is -0.437. The predicted molar refractivity (Wildman–Crippen MR) is 110 cm³/mol. The van der Waals surface area contributed by atoms with E-state index >= 15 is 0 Å². The zero-order valence-corrected chi connectivity index (χ0v) is 17.2. The van der Waals surface area contributed by atoms with Crippen LogP contribution in [0.4, 0.5) is 0 Å². The second-order valence-electron chi connectivity index (χ2n) is 7.15. The second kappa shape index (κ2) is 8.98. The van der Waals surface area contributed by atoms with Crippen LogP contribution in [0.25, 0.3) is 10.2 Å². The lowest BCUT2D eigenvalue weighted by molar-refractivity contribution is 0.0531. The van der Waals surface area contributed by atoms with Crippen molar-refractivity contribution in [3.05, 3.63) is 39.3 Å². The summed E-state index contributed by atoms with van der Waals surface area (Å²) in [4.78, 5) is 35.3. The number of ether oxygens (including phenoxy) is 1. The van der Waals surface area contributed by atoms with E-state index in [1.54, 1.807) is 19.9 Å². The first-order valence-corrected chi connectivity index (χ1v) is 10.5. The highest BCUT2D eigenvalue weighted by Gasteiger charge is 2.31. The molecule has 0 aromatic carbocycles. The molecule has 2 aromatic heterocycles. The number of carbonyl (C=O) groups excluding carboxylic acids is 1. The van der Waals surface area contributed by atoms with Crippen LogP contribution in [0.3, 0.4) is 0 Å². The Kier molecular flexibility index (Phi) is 6.64. The number of aromatic nitrogens is 2. The second-order valence-corrected chi connectivity index (χ2v) is 8.15. The molecule has 2 heterocycles. The van der Waals surface area contributed by atoms with E-state index in [0.29, 0.717) is 52.0 Å². The molecular formula is C20H27N3O4S. The molecule has 0 aliphatic heterocycles. The molecule has 7 nitrogen and oxygen atoms in total. The van der Waals surface area contributed by atoms with E-state index < -0.39 is 12.1 Å². The van der Waals surface area contributed by atoms with E-state index in [-0.39, 0.29) is 12.2 Å². The first-order chi connectivity index (χ1) is 13.4. The molecule has 0 saturated heterocycles. The number of hydrogen-bond donors (Lipinski definition) is 2. The summed E-state index contributed by atoms with van der Waals surface area (Å²) in [5, 5.41) is 10.7. The molecule has 152 valence electrons. The summed E-state index contributed by atoms with van der Waals surface area (Å²) in [5.74, 6) is 0.130. The van der Waals surface area contributed by atoms with Gasteiger partial charge in [0.15, 0.2) is 0 Å². The van der Waals surface area contributed by atoms with Gasteiger partial charge in [0, 0.05) is 12.6 Å². The summed E-state index contributed by atoms with van der Waals surface area (Å²) in [6.07, 6.45) is 4.98. The molecule has 1 aliphatic carbocycles. The number of H-pyrrole nitrogens is 1. The molecule has 1 saturated carbocycles. The summed E-state index contributed by atoms with van der Waals surface area (Å²) in [7, 11) is 0. The highest BCUT2D eigenvalue weighted by Crippen LogP contribution is 2.30. The molecule has 1 atom stereocenters. The molecule has 1 aliphatic rings. The highest BCUT2D eigenvalue weighted by atomic mass is 32.1. The lowest BCUT2D eigenvalue weighted by Gasteiger charge is -2.24. The normalized spacial score (nSPS) is 15.1. The maximum absolute atomic E-state index is 12.6. The van der Waals surface area contributed by atoms with Gasteiger partial charge in [0.1, 0.15) is 15.5 Å². The van der Waals surface area contributed by atoms with Crippen molar-refractivity contribution in [2.75, 3.05) is 13.2 Å². The van der Waals surface area contributed by atoms with E-state index in [2.05, 4.69) is 21.4 Å². The number of nitrogens with one attached hydrogen (secondary N) is 1. The van der Waals surface area contributed by atoms with Crippen LogP contribution in [0, 0.1) is 6.92 Å². The molecule has 1 unspecified atom stereocenters. The first-order valence-electron chi connectivity index (χ1n) is 9.67. The molecule has 1 fully saturated rings. The lowest BCUT2D eigenvalue weighted by Crippen LogP contribution is -2.35. The van der Waals surface area contributed by atoms with Crippen LogP contribution < -0.4 is 5.56 Å². The smallest absolute Gasteiger partial charge is 0.348 e. The summed E-state index contributed by atoms with van der Waals surface area (Å²) in [5.41, 5.74) is 0.366. The van der Waals surface area contributed by atoms with E-state index in [0.717, 1.165) is 19.3 Å². The summed E-state index contributed by atoms with van der Waals surface area (Å²) < 4.78 is 5.08. The molecule has 28 heavy (non-hydrogen) atoms. The molecule has 0 radical (unpaired) electrons. The van der Waals surface area contributed by atoms with E-state index in [9.17, 15) is 14.7 Å². The van der Waals surface area contributed by atoms with Gasteiger partial charge in [-0.1, -0.05) is 6.08 Å². The van der Waals surface area contributed by atoms with Gasteiger partial charge < -0.3 is 14.8 Å². The monoisotopic (exact) mass is 405 g/mol. The van der Waals surface area contributed by atoms with Crippen molar-refractivity contribution in [1.29, 1.82) is 0 Å². The zero-order chi connectivity index (χ0) is 20.3. The average molecular weight is 406 g/mol. The van der Waals surface area contributed by atoms with Gasteiger partial charge in [-0.15, -0.1) is 17.9 Å². The number of rotatable bonds is 10. The minimum absolute atomic E-state index is 0.243. The number of aryl methyl sites for hydroxylation is 1. The number of esters is 1. The van der Waals surface area contributed by atoms with Crippen molar-refractivity contribution in [1.82, 2.24) is 14.9 Å². The SMILES string of the molecule is C=CCCC(O)CN(Cc1nc2sc(C(=O)OCC)c(C)c2c(=O)[nH]1)C1CC1. The third-order valence-corrected chi connectivity index (χ3v) is 6.04. The van der Waals surface area contributed by atoms with Crippen LogP contribution in [0.5, 0.6) is 0 Å². The van der Waals surface area contributed by atoms with Crippen molar-refractivity contribution in [2.24, 2.45) is 0 Å². The Labute approximate surface area is 168 Å². The number of nitrogens with zero attached hydrogens (tertiary/aromatic N) is 2. The molecule has 8 heteroatoms. The third-order valence-electron chi connectivity index (χ3n) is 4.88. The number of hydrogen-bond acceptors (Lipinski definition) is 7. The zero-order valence-electron chi connectivity index (χ0n) is 16.4. The minimum Gasteiger partial charge on any atom is -0.462 e. The Hall–Kier alpha value is -2.03. The number of aliphatic hydroxyl groups is 1. The predicted octanol–water partition coefficient (Wildman–Crippen LogP) is 2.76. The number of carbonyl (C=O) groups is 1. The topological polar surface area (TPSA) is 95.5 Å². The van der Waals surface area contributed by atoms with Gasteiger partial charge >= 0.3 is 5.97 Å². The van der Waals surface area contributed by atoms with Crippen LogP contribution in [0.15, 0.2) is 17.4 Å². The Morgan fingerprint density at radius 2 is 2.29 bits per heavy atom. The maximum Gasteiger partial charge on any atom is 0.348 e. The Bertz CT molecular complexity index is 916. The van der Waals surface area contributed by atoms with Crippen LogP contribution in [0.2, 0.25) is 0 Å². The van der Waals surface area contributed by atoms with E-state index in [1.165, 1.54) is 11.3 Å². The summed E-state index contributed by atoms with van der Waals surface area (Å²) in [6.45, 7) is 8.47. The van der Waals surface area contributed by atoms with Gasteiger partial charge in [-0.05, 0) is 45.1 Å². The van der Waals surface area contributed by atoms with Crippen LogP contribution in [-0.2, 0) is 11.3 Å². The van der Waals surface area contributed by atoms with Crippen LogP contribution in [0.1, 0.15) is 53.7 Å². The Morgan fingerprint density at radius 3 is 2.93 bits per heavy atom. The number of aromatic amines is 1. The van der Waals surface area contributed by atoms with Crippen molar-refractivity contribution in [3.8, 4) is 0 Å². The van der Waals surface area contributed by atoms with Crippen molar-refractivity contribution in [3.63, 3.8) is 0 Å². The highest BCUT2D eigenvalue weighted by molar-refractivity contribution is 7.20. The summed E-state index contributed by atoms with van der Waals surface area (Å²) in [6, 6.07) is 0.416. The average Bonchev–Trinajstić information content (AvgIpc) is 3.43. The van der Waals surface area contributed by atoms with Crippen molar-refractivity contribution >= 4 is 27.5 Å². The molecule has 0 spiro atoms. The van der Waals surface area contributed by atoms with E-state index in [4.69, 9.17) is 4.74 Å². The van der Waals surface area contributed by atoms with Gasteiger partial charge in [-0.3, -0.25) is 9.69 Å². The third kappa shape index (κ3) is 4.68. The Morgan fingerprint density at radius 1 is 1.54 bits per heavy atom. The fourth-order valence-corrected chi connectivity index (χ4v) is 4.40. The molecule has 2 aromatic rings. The van der Waals surface area contributed by atoms with E-state index in [1.807, 2.05) is 0 Å². The maximum atomic E-state index is 12.6. The lowest BCUT2D eigenvalue weighted by atomic mass is 10.2. The van der Waals surface area contributed by atoms with Crippen LogP contribution >= 0.6 is 11.3 Å². The van der Waals surface area contributed by atoms with Gasteiger partial charge in [0.25, 0.3) is 5.56 Å². The summed E-state index contributed by atoms with van der Waals surface area (Å²) >= 11 is 1.19. The van der Waals surface area contributed by atoms with Gasteiger partial charge in [0.05, 0.1) is 24.6 Å². The quantitative estimate of drug-likeness (QED) is 0.466. The first kappa shape index (κ1) is 20.7. The fourth-order valence-electron chi connectivity index (χ4n) is 3.30. The van der Waals surface area contributed by atoms with Crippen molar-refractivity contribution < 1.29 is 14.6 Å². The standard InChI is InChI=1S/C20H27N3O4S/c1-4-6-7-14(24)10-23(13-8-9-13)11-15-21-18(25)16-12(3)17(20(26)27-5-2)28-19(16)22-15/h4,13-14,24H,1,5-11H2,2-3H3,(H,21,22,25). The number of thiophene rings is 1. The molecule has 3 rings (SSSR count). The van der Waals surface area contributed by atoms with Crippen LogP contribution in [-0.4, -0.2) is 51.2 Å². The fraction of sp³-hybridized carbons (Fsp3) is 0.550. The molecule has 2 N–H and O–H groups in total. The number of aliphatic hydroxyl groups excluding tert-OH is 1. The molecule has 0 bridgehead atoms. The number of allylic oxidation sites excluding steroid dienone is 1. The number of fused-ring (bicyclic) bond motifs is 1. The van der Waals surface area contributed by atoms with Gasteiger partial charge in [-0.2, -0.15) is 0 Å². The molecule has 0 amide bonds. The Balaban J connectivity index is 1.83. The van der Waals surface area contributed by atoms with Gasteiger partial charge in [-0.25, -0.2) is 9.78 Å². The largest absolute Gasteiger partial charge is 0.462 e. The molecular weight excluding hydrogens is 378 g/mol. The van der Waals surface area contributed by atoms with Crippen molar-refractivity contribution in [2.45, 2.75) is 58.2 Å².